The van der Waals surface area contributed by atoms with Gasteiger partial charge in [-0.1, -0.05) is 0 Å². The average molecular weight is 223 g/mol. The van der Waals surface area contributed by atoms with Crippen molar-refractivity contribution in [3.63, 3.8) is 0 Å². The molecule has 0 spiro atoms. The summed E-state index contributed by atoms with van der Waals surface area (Å²) in [7, 11) is 3.99. The second-order valence-electron chi connectivity index (χ2n) is 4.58. The maximum Gasteiger partial charge on any atom is 0.140 e. The maximum absolute atomic E-state index is 4.26. The van der Waals surface area contributed by atoms with E-state index in [4.69, 9.17) is 0 Å². The van der Waals surface area contributed by atoms with Crippen molar-refractivity contribution in [1.29, 1.82) is 0 Å². The van der Waals surface area contributed by atoms with Crippen molar-refractivity contribution in [2.24, 2.45) is 13.0 Å². The van der Waals surface area contributed by atoms with E-state index in [9.17, 15) is 0 Å². The first kappa shape index (κ1) is 11.5. The van der Waals surface area contributed by atoms with E-state index in [0.717, 1.165) is 24.8 Å². The van der Waals surface area contributed by atoms with Gasteiger partial charge in [-0.3, -0.25) is 9.58 Å². The highest BCUT2D eigenvalue weighted by Gasteiger charge is 2.19. The molecule has 1 aromatic heterocycles. The van der Waals surface area contributed by atoms with Gasteiger partial charge in [0.15, 0.2) is 0 Å². The molecule has 1 aliphatic rings. The molecule has 90 valence electrons. The maximum atomic E-state index is 4.26. The van der Waals surface area contributed by atoms with E-state index in [2.05, 4.69) is 20.3 Å². The summed E-state index contributed by atoms with van der Waals surface area (Å²) >= 11 is 0. The van der Waals surface area contributed by atoms with E-state index in [0.29, 0.717) is 0 Å². The average Bonchev–Trinajstić information content (AvgIpc) is 2.68. The zero-order chi connectivity index (χ0) is 11.4. The van der Waals surface area contributed by atoms with Gasteiger partial charge in [-0.2, -0.15) is 5.10 Å². The Bertz CT molecular complexity index is 314. The third-order valence-electron chi connectivity index (χ3n) is 3.37. The van der Waals surface area contributed by atoms with Crippen molar-refractivity contribution in [3.05, 3.63) is 12.2 Å². The minimum Gasteiger partial charge on any atom is -0.319 e. The van der Waals surface area contributed by atoms with E-state index < -0.39 is 0 Å². The van der Waals surface area contributed by atoms with Gasteiger partial charge in [0.1, 0.15) is 12.2 Å². The molecule has 0 radical (unpaired) electrons. The zero-order valence-corrected chi connectivity index (χ0v) is 10.2. The number of likely N-dealkylation sites (tertiary alicyclic amines) is 1. The summed E-state index contributed by atoms with van der Waals surface area (Å²) < 4.78 is 1.86. The SMILES string of the molecule is CNCC1CCN(Cc2ncnn2C)CC1. The monoisotopic (exact) mass is 223 g/mol. The molecule has 0 bridgehead atoms. The van der Waals surface area contributed by atoms with E-state index in [1.807, 2.05) is 18.8 Å². The summed E-state index contributed by atoms with van der Waals surface area (Å²) in [4.78, 5) is 6.73. The van der Waals surface area contributed by atoms with Gasteiger partial charge < -0.3 is 5.32 Å². The molecule has 0 aromatic carbocycles. The summed E-state index contributed by atoms with van der Waals surface area (Å²) in [6.45, 7) is 4.44. The fraction of sp³-hybridized carbons (Fsp3) is 0.818. The number of piperidine rings is 1. The third kappa shape index (κ3) is 2.80. The summed E-state index contributed by atoms with van der Waals surface area (Å²) in [5.41, 5.74) is 0. The minimum atomic E-state index is 0.848. The summed E-state index contributed by atoms with van der Waals surface area (Å²) in [6, 6.07) is 0. The van der Waals surface area contributed by atoms with Gasteiger partial charge in [0.25, 0.3) is 0 Å². The molecular formula is C11H21N5. The highest BCUT2D eigenvalue weighted by Crippen LogP contribution is 2.17. The van der Waals surface area contributed by atoms with Gasteiger partial charge in [-0.25, -0.2) is 4.98 Å². The number of hydrogen-bond donors (Lipinski definition) is 1. The Morgan fingerprint density at radius 1 is 1.44 bits per heavy atom. The molecule has 1 aliphatic heterocycles. The molecular weight excluding hydrogens is 202 g/mol. The molecule has 0 saturated carbocycles. The fourth-order valence-electron chi connectivity index (χ4n) is 2.30. The highest BCUT2D eigenvalue weighted by atomic mass is 15.3. The Labute approximate surface area is 96.8 Å². The lowest BCUT2D eigenvalue weighted by Gasteiger charge is -2.31. The van der Waals surface area contributed by atoms with Crippen molar-refractivity contribution in [2.45, 2.75) is 19.4 Å². The van der Waals surface area contributed by atoms with Gasteiger partial charge in [-0.05, 0) is 45.4 Å². The molecule has 0 aliphatic carbocycles. The van der Waals surface area contributed by atoms with E-state index in [1.165, 1.54) is 25.9 Å². The second kappa shape index (κ2) is 5.41. The smallest absolute Gasteiger partial charge is 0.140 e. The Kier molecular flexibility index (Phi) is 3.90. The first-order valence-corrected chi connectivity index (χ1v) is 5.99. The molecule has 0 unspecified atom stereocenters. The fourth-order valence-corrected chi connectivity index (χ4v) is 2.30. The first-order valence-electron chi connectivity index (χ1n) is 5.99. The van der Waals surface area contributed by atoms with Crippen LogP contribution in [0.4, 0.5) is 0 Å². The van der Waals surface area contributed by atoms with E-state index in [-0.39, 0.29) is 0 Å². The number of nitrogens with zero attached hydrogens (tertiary/aromatic N) is 4. The minimum absolute atomic E-state index is 0.848. The van der Waals surface area contributed by atoms with Crippen LogP contribution in [0.5, 0.6) is 0 Å². The molecule has 1 N–H and O–H groups in total. The van der Waals surface area contributed by atoms with Crippen LogP contribution in [0.2, 0.25) is 0 Å². The third-order valence-corrected chi connectivity index (χ3v) is 3.37. The van der Waals surface area contributed by atoms with Crippen molar-refractivity contribution >= 4 is 0 Å². The lowest BCUT2D eigenvalue weighted by Crippen LogP contribution is -2.36. The van der Waals surface area contributed by atoms with Crippen molar-refractivity contribution in [2.75, 3.05) is 26.7 Å². The molecule has 1 fully saturated rings. The lowest BCUT2D eigenvalue weighted by molar-refractivity contribution is 0.171. The van der Waals surface area contributed by atoms with Crippen LogP contribution in [-0.2, 0) is 13.6 Å². The van der Waals surface area contributed by atoms with Crippen LogP contribution in [0.15, 0.2) is 6.33 Å². The van der Waals surface area contributed by atoms with Crippen molar-refractivity contribution in [3.8, 4) is 0 Å². The predicted molar refractivity (Wildman–Crippen MR) is 62.9 cm³/mol. The zero-order valence-electron chi connectivity index (χ0n) is 10.2. The van der Waals surface area contributed by atoms with Crippen LogP contribution in [0.3, 0.4) is 0 Å². The summed E-state index contributed by atoms with van der Waals surface area (Å²) in [6.07, 6.45) is 4.21. The van der Waals surface area contributed by atoms with Gasteiger partial charge in [0.2, 0.25) is 0 Å². The molecule has 5 heteroatoms. The van der Waals surface area contributed by atoms with Crippen LogP contribution in [0, 0.1) is 5.92 Å². The second-order valence-corrected chi connectivity index (χ2v) is 4.58. The van der Waals surface area contributed by atoms with Crippen LogP contribution >= 0.6 is 0 Å². The highest BCUT2D eigenvalue weighted by molar-refractivity contribution is 4.85. The van der Waals surface area contributed by atoms with Gasteiger partial charge in [-0.15, -0.1) is 0 Å². The Morgan fingerprint density at radius 2 is 2.19 bits per heavy atom. The van der Waals surface area contributed by atoms with Crippen LogP contribution in [0.1, 0.15) is 18.7 Å². The lowest BCUT2D eigenvalue weighted by atomic mass is 9.97. The van der Waals surface area contributed by atoms with Gasteiger partial charge in [0.05, 0.1) is 6.54 Å². The molecule has 0 amide bonds. The number of nitrogens with one attached hydrogen (secondary N) is 1. The van der Waals surface area contributed by atoms with Gasteiger partial charge >= 0.3 is 0 Å². The van der Waals surface area contributed by atoms with Crippen LogP contribution in [0.25, 0.3) is 0 Å². The molecule has 1 aromatic rings. The van der Waals surface area contributed by atoms with Crippen molar-refractivity contribution < 1.29 is 0 Å². The number of aryl methyl sites for hydroxylation is 1. The number of aromatic nitrogens is 3. The Hall–Kier alpha value is -0.940. The topological polar surface area (TPSA) is 46.0 Å². The molecule has 2 rings (SSSR count). The standard InChI is InChI=1S/C11H21N5/c1-12-7-10-3-5-16(6-4-10)8-11-13-9-14-15(11)2/h9-10,12H,3-8H2,1-2H3. The molecule has 5 nitrogen and oxygen atoms in total. The molecule has 0 atom stereocenters. The molecule has 1 saturated heterocycles. The predicted octanol–water partition coefficient (Wildman–Crippen LogP) is 0.246. The Morgan fingerprint density at radius 3 is 2.75 bits per heavy atom. The molecule has 2 heterocycles. The summed E-state index contributed by atoms with van der Waals surface area (Å²) in [5, 5.41) is 7.36. The van der Waals surface area contributed by atoms with E-state index in [1.54, 1.807) is 6.33 Å². The first-order chi connectivity index (χ1) is 7.79. The van der Waals surface area contributed by atoms with Crippen LogP contribution in [-0.4, -0.2) is 46.3 Å². The largest absolute Gasteiger partial charge is 0.319 e. The van der Waals surface area contributed by atoms with Crippen LogP contribution < -0.4 is 5.32 Å². The number of hydrogen-bond acceptors (Lipinski definition) is 4. The number of rotatable bonds is 4. The van der Waals surface area contributed by atoms with E-state index >= 15 is 0 Å². The normalized spacial score (nSPS) is 19.1. The quantitative estimate of drug-likeness (QED) is 0.794. The summed E-state index contributed by atoms with van der Waals surface area (Å²) in [5.74, 6) is 1.91. The van der Waals surface area contributed by atoms with Crippen molar-refractivity contribution in [1.82, 2.24) is 25.0 Å². The Balaban J connectivity index is 1.79. The molecule has 16 heavy (non-hydrogen) atoms. The van der Waals surface area contributed by atoms with Gasteiger partial charge in [0, 0.05) is 7.05 Å².